The molecule has 1 aromatic heterocycles. The van der Waals surface area contributed by atoms with Crippen molar-refractivity contribution in [2.75, 3.05) is 18.2 Å². The first-order valence-corrected chi connectivity index (χ1v) is 9.54. The van der Waals surface area contributed by atoms with E-state index in [-0.39, 0.29) is 11.7 Å². The van der Waals surface area contributed by atoms with Gasteiger partial charge in [0.05, 0.1) is 25.0 Å². The van der Waals surface area contributed by atoms with E-state index < -0.39 is 0 Å². The number of hydrogen-bond acceptors (Lipinski definition) is 6. The normalized spacial score (nSPS) is 10.5. The molecule has 8 heteroatoms. The number of thioether (sulfide) groups is 1. The third kappa shape index (κ3) is 5.09. The van der Waals surface area contributed by atoms with Crippen LogP contribution >= 0.6 is 27.7 Å². The second kappa shape index (κ2) is 8.86. The minimum Gasteiger partial charge on any atom is -0.497 e. The monoisotopic (exact) mass is 433 g/mol. The predicted molar refractivity (Wildman–Crippen MR) is 104 cm³/mol. The molecule has 0 radical (unpaired) electrons. The number of nitrogens with zero attached hydrogens (tertiary/aromatic N) is 2. The van der Waals surface area contributed by atoms with E-state index in [1.807, 2.05) is 48.5 Å². The molecule has 0 bridgehead atoms. The van der Waals surface area contributed by atoms with Gasteiger partial charge in [0.1, 0.15) is 5.75 Å². The molecule has 0 spiro atoms. The maximum Gasteiger partial charge on any atom is 0.277 e. The summed E-state index contributed by atoms with van der Waals surface area (Å²) < 4.78 is 11.6. The van der Waals surface area contributed by atoms with Crippen molar-refractivity contribution in [2.24, 2.45) is 0 Å². The van der Waals surface area contributed by atoms with Crippen LogP contribution in [-0.2, 0) is 11.2 Å². The highest BCUT2D eigenvalue weighted by Gasteiger charge is 2.11. The van der Waals surface area contributed by atoms with Gasteiger partial charge in [-0.25, -0.2) is 0 Å². The fraction of sp³-hybridized carbons (Fsp3) is 0.167. The molecule has 0 saturated carbocycles. The maximum absolute atomic E-state index is 12.0. The summed E-state index contributed by atoms with van der Waals surface area (Å²) in [5.74, 6) is 1.35. The van der Waals surface area contributed by atoms with E-state index in [0.717, 1.165) is 21.5 Å². The van der Waals surface area contributed by atoms with Crippen LogP contribution in [-0.4, -0.2) is 29.0 Å². The number of methoxy groups -OCH3 is 1. The Morgan fingerprint density at radius 1 is 1.19 bits per heavy atom. The number of hydrogen-bond donors (Lipinski definition) is 1. The number of anilines is 1. The standard InChI is InChI=1S/C18H16BrN3O3S/c1-24-13-8-6-12(7-9-13)10-17-21-22-18(25-17)26-11-16(23)20-15-5-3-2-4-14(15)19/h2-9H,10-11H2,1H3,(H,20,23). The average Bonchev–Trinajstić information content (AvgIpc) is 3.10. The van der Waals surface area contributed by atoms with E-state index in [2.05, 4.69) is 31.4 Å². The number of ether oxygens (including phenoxy) is 1. The lowest BCUT2D eigenvalue weighted by Crippen LogP contribution is -2.14. The highest BCUT2D eigenvalue weighted by molar-refractivity contribution is 9.10. The molecule has 26 heavy (non-hydrogen) atoms. The van der Waals surface area contributed by atoms with Crippen LogP contribution in [0.15, 0.2) is 62.6 Å². The smallest absolute Gasteiger partial charge is 0.277 e. The van der Waals surface area contributed by atoms with Gasteiger partial charge in [-0.3, -0.25) is 4.79 Å². The quantitative estimate of drug-likeness (QED) is 0.563. The number of halogens is 1. The Bertz CT molecular complexity index is 883. The Hall–Kier alpha value is -2.32. The molecule has 3 rings (SSSR count). The molecule has 0 atom stereocenters. The second-order valence-electron chi connectivity index (χ2n) is 5.30. The molecule has 3 aromatic rings. The topological polar surface area (TPSA) is 77.2 Å². The summed E-state index contributed by atoms with van der Waals surface area (Å²) in [5.41, 5.74) is 1.77. The van der Waals surface area contributed by atoms with Crippen LogP contribution in [0.5, 0.6) is 5.75 Å². The SMILES string of the molecule is COc1ccc(Cc2nnc(SCC(=O)Nc3ccccc3Br)o2)cc1. The highest BCUT2D eigenvalue weighted by atomic mass is 79.9. The third-order valence-electron chi connectivity index (χ3n) is 3.44. The first-order valence-electron chi connectivity index (χ1n) is 7.76. The molecule has 0 aliphatic rings. The second-order valence-corrected chi connectivity index (χ2v) is 7.08. The van der Waals surface area contributed by atoms with Crippen molar-refractivity contribution in [3.63, 3.8) is 0 Å². The molecule has 0 saturated heterocycles. The Morgan fingerprint density at radius 3 is 2.69 bits per heavy atom. The van der Waals surface area contributed by atoms with Crippen LogP contribution in [0.2, 0.25) is 0 Å². The zero-order chi connectivity index (χ0) is 18.4. The van der Waals surface area contributed by atoms with Crippen LogP contribution in [0.3, 0.4) is 0 Å². The van der Waals surface area contributed by atoms with Crippen LogP contribution in [0, 0.1) is 0 Å². The number of nitrogens with one attached hydrogen (secondary N) is 1. The summed E-state index contributed by atoms with van der Waals surface area (Å²) in [6, 6.07) is 15.1. The van der Waals surface area contributed by atoms with Gasteiger partial charge < -0.3 is 14.5 Å². The molecule has 6 nitrogen and oxygen atoms in total. The number of rotatable bonds is 7. The summed E-state index contributed by atoms with van der Waals surface area (Å²) in [5, 5.41) is 11.2. The van der Waals surface area contributed by atoms with E-state index in [9.17, 15) is 4.79 Å². The summed E-state index contributed by atoms with van der Waals surface area (Å²) in [6.45, 7) is 0. The Morgan fingerprint density at radius 2 is 1.96 bits per heavy atom. The summed E-state index contributed by atoms with van der Waals surface area (Å²) in [6.07, 6.45) is 0.528. The molecule has 0 aliphatic heterocycles. The van der Waals surface area contributed by atoms with Gasteiger partial charge in [-0.15, -0.1) is 10.2 Å². The van der Waals surface area contributed by atoms with Crippen molar-refractivity contribution in [1.82, 2.24) is 10.2 Å². The molecule has 1 amide bonds. The summed E-state index contributed by atoms with van der Waals surface area (Å²) in [4.78, 5) is 12.0. The number of benzene rings is 2. The van der Waals surface area contributed by atoms with Crippen LogP contribution in [0.4, 0.5) is 5.69 Å². The lowest BCUT2D eigenvalue weighted by Gasteiger charge is -2.05. The Kier molecular flexibility index (Phi) is 6.30. The Balaban J connectivity index is 1.51. The molecular weight excluding hydrogens is 418 g/mol. The van der Waals surface area contributed by atoms with E-state index >= 15 is 0 Å². The van der Waals surface area contributed by atoms with Gasteiger partial charge in [-0.1, -0.05) is 36.0 Å². The molecule has 0 unspecified atom stereocenters. The number of carbonyl (C=O) groups is 1. The van der Waals surface area contributed by atoms with Crippen molar-refractivity contribution in [3.8, 4) is 5.75 Å². The lowest BCUT2D eigenvalue weighted by molar-refractivity contribution is -0.113. The van der Waals surface area contributed by atoms with Gasteiger partial charge >= 0.3 is 0 Å². The molecule has 1 N–H and O–H groups in total. The van der Waals surface area contributed by atoms with E-state index in [1.165, 1.54) is 11.8 Å². The van der Waals surface area contributed by atoms with Gasteiger partial charge in [-0.05, 0) is 45.8 Å². The lowest BCUT2D eigenvalue weighted by atomic mass is 10.1. The minimum absolute atomic E-state index is 0.142. The fourth-order valence-electron chi connectivity index (χ4n) is 2.16. The third-order valence-corrected chi connectivity index (χ3v) is 4.95. The van der Waals surface area contributed by atoms with E-state index in [0.29, 0.717) is 17.5 Å². The molecule has 0 fully saturated rings. The molecular formula is C18H16BrN3O3S. The minimum atomic E-state index is -0.142. The first-order chi connectivity index (χ1) is 12.6. The zero-order valence-corrected chi connectivity index (χ0v) is 16.3. The zero-order valence-electron chi connectivity index (χ0n) is 13.9. The van der Waals surface area contributed by atoms with Crippen molar-refractivity contribution in [2.45, 2.75) is 11.6 Å². The van der Waals surface area contributed by atoms with Gasteiger partial charge in [-0.2, -0.15) is 0 Å². The number of para-hydroxylation sites is 1. The van der Waals surface area contributed by atoms with Gasteiger partial charge in [0.15, 0.2) is 0 Å². The van der Waals surface area contributed by atoms with E-state index in [4.69, 9.17) is 9.15 Å². The molecule has 0 aliphatic carbocycles. The number of amides is 1. The fourth-order valence-corrected chi connectivity index (χ4v) is 3.13. The van der Waals surface area contributed by atoms with Crippen molar-refractivity contribution < 1.29 is 13.9 Å². The maximum atomic E-state index is 12.0. The number of aromatic nitrogens is 2. The number of carbonyl (C=O) groups excluding carboxylic acids is 1. The van der Waals surface area contributed by atoms with Gasteiger partial charge in [0.2, 0.25) is 11.8 Å². The van der Waals surface area contributed by atoms with Gasteiger partial charge in [0.25, 0.3) is 5.22 Å². The Labute approximate surface area is 163 Å². The van der Waals surface area contributed by atoms with Crippen molar-refractivity contribution in [3.05, 3.63) is 64.5 Å². The summed E-state index contributed by atoms with van der Waals surface area (Å²) >= 11 is 4.60. The van der Waals surface area contributed by atoms with E-state index in [1.54, 1.807) is 7.11 Å². The molecule has 2 aromatic carbocycles. The van der Waals surface area contributed by atoms with Gasteiger partial charge in [0, 0.05) is 4.47 Å². The largest absolute Gasteiger partial charge is 0.497 e. The molecule has 134 valence electrons. The highest BCUT2D eigenvalue weighted by Crippen LogP contribution is 2.23. The average molecular weight is 434 g/mol. The predicted octanol–water partition coefficient (Wildman–Crippen LogP) is 4.16. The van der Waals surface area contributed by atoms with Crippen molar-refractivity contribution >= 4 is 39.3 Å². The van der Waals surface area contributed by atoms with Crippen LogP contribution in [0.25, 0.3) is 0 Å². The van der Waals surface area contributed by atoms with Crippen LogP contribution < -0.4 is 10.1 Å². The molecule has 1 heterocycles. The van der Waals surface area contributed by atoms with Crippen LogP contribution in [0.1, 0.15) is 11.5 Å². The first kappa shape index (κ1) is 18.5. The van der Waals surface area contributed by atoms with Crippen molar-refractivity contribution in [1.29, 1.82) is 0 Å². The summed E-state index contributed by atoms with van der Waals surface area (Å²) in [7, 11) is 1.63.